The first kappa shape index (κ1) is 15.2. The molecule has 1 amide bonds. The number of carbonyl (C=O) groups excluding carboxylic acids is 2. The van der Waals surface area contributed by atoms with Gasteiger partial charge in [-0.25, -0.2) is 8.42 Å². The van der Waals surface area contributed by atoms with Gasteiger partial charge in [0, 0.05) is 12.5 Å². The highest BCUT2D eigenvalue weighted by Crippen LogP contribution is 2.40. The van der Waals surface area contributed by atoms with E-state index in [-0.39, 0.29) is 17.2 Å². The first-order valence-corrected chi connectivity index (χ1v) is 8.06. The monoisotopic (exact) mass is 301 g/mol. The summed E-state index contributed by atoms with van der Waals surface area (Å²) < 4.78 is 29.3. The fourth-order valence-corrected chi connectivity index (χ4v) is 4.61. The Balaban J connectivity index is 2.54. The van der Waals surface area contributed by atoms with Gasteiger partial charge in [-0.05, 0) is 12.5 Å². The van der Waals surface area contributed by atoms with Gasteiger partial charge in [-0.2, -0.15) is 0 Å². The molecule has 0 aromatic carbocycles. The molecule has 2 heterocycles. The van der Waals surface area contributed by atoms with Crippen molar-refractivity contribution in [1.82, 2.24) is 4.90 Å². The Morgan fingerprint density at radius 1 is 1.35 bits per heavy atom. The fraction of sp³-hybridized carbons (Fsp3) is 0.692. The standard InChI is InChI=1S/C13H19NO5S/c1-7-6-20(17,18)12-9(19-5)11(16)14(12)8(7)10(15)13(2,3)4/h9,12H,6H2,1-5H3/t9-,12+/m0/s1. The highest BCUT2D eigenvalue weighted by atomic mass is 32.2. The number of carbonyl (C=O) groups is 2. The second kappa shape index (κ2) is 4.39. The molecule has 0 aliphatic carbocycles. The number of allylic oxidation sites excluding steroid dienone is 1. The molecule has 0 aromatic heterocycles. The molecule has 1 saturated heterocycles. The molecule has 0 saturated carbocycles. The van der Waals surface area contributed by atoms with Crippen LogP contribution in [0.25, 0.3) is 0 Å². The largest absolute Gasteiger partial charge is 0.368 e. The van der Waals surface area contributed by atoms with Crippen molar-refractivity contribution < 1.29 is 22.7 Å². The van der Waals surface area contributed by atoms with Gasteiger partial charge in [0.2, 0.25) is 0 Å². The lowest BCUT2D eigenvalue weighted by molar-refractivity contribution is -0.161. The van der Waals surface area contributed by atoms with Gasteiger partial charge in [-0.15, -0.1) is 0 Å². The average Bonchev–Trinajstić information content (AvgIpc) is 2.28. The number of methoxy groups -OCH3 is 1. The highest BCUT2D eigenvalue weighted by molar-refractivity contribution is 7.92. The Kier molecular flexibility index (Phi) is 3.33. The van der Waals surface area contributed by atoms with Gasteiger partial charge in [-0.3, -0.25) is 14.5 Å². The van der Waals surface area contributed by atoms with Crippen LogP contribution < -0.4 is 0 Å². The Bertz CT molecular complexity index is 611. The van der Waals surface area contributed by atoms with Crippen molar-refractivity contribution >= 4 is 21.5 Å². The third kappa shape index (κ3) is 2.00. The van der Waals surface area contributed by atoms with E-state index < -0.39 is 32.6 Å². The number of hydrogen-bond donors (Lipinski definition) is 0. The van der Waals surface area contributed by atoms with Crippen molar-refractivity contribution in [2.24, 2.45) is 5.41 Å². The molecule has 2 aliphatic rings. The predicted octanol–water partition coefficient (Wildman–Crippen LogP) is 0.487. The normalized spacial score (nSPS) is 29.1. The first-order valence-electron chi connectivity index (χ1n) is 6.34. The van der Waals surface area contributed by atoms with Crippen molar-refractivity contribution in [3.63, 3.8) is 0 Å². The SMILES string of the molecule is CO[C@H]1C(=O)N2C(C(=O)C(C)(C)C)=C(C)CS(=O)(=O)[C@H]12. The fourth-order valence-electron chi connectivity index (χ4n) is 2.56. The molecule has 0 radical (unpaired) electrons. The van der Waals surface area contributed by atoms with Crippen LogP contribution in [0.2, 0.25) is 0 Å². The third-order valence-corrected chi connectivity index (χ3v) is 5.60. The summed E-state index contributed by atoms with van der Waals surface area (Å²) >= 11 is 0. The molecule has 6 nitrogen and oxygen atoms in total. The van der Waals surface area contributed by atoms with Crippen molar-refractivity contribution in [3.8, 4) is 0 Å². The number of fused-ring (bicyclic) bond motifs is 1. The van der Waals surface area contributed by atoms with Crippen molar-refractivity contribution in [1.29, 1.82) is 0 Å². The van der Waals surface area contributed by atoms with Gasteiger partial charge in [0.15, 0.2) is 27.1 Å². The molecular weight excluding hydrogens is 282 g/mol. The quantitative estimate of drug-likeness (QED) is 0.693. The molecule has 2 aliphatic heterocycles. The van der Waals surface area contributed by atoms with Crippen LogP contribution >= 0.6 is 0 Å². The Hall–Kier alpha value is -1.21. The predicted molar refractivity (Wildman–Crippen MR) is 72.4 cm³/mol. The minimum atomic E-state index is -3.51. The zero-order valence-corrected chi connectivity index (χ0v) is 13.1. The van der Waals surface area contributed by atoms with Crippen molar-refractivity contribution in [2.75, 3.05) is 12.9 Å². The number of ether oxygens (including phenoxy) is 1. The van der Waals surface area contributed by atoms with E-state index in [4.69, 9.17) is 4.74 Å². The van der Waals surface area contributed by atoms with E-state index in [2.05, 4.69) is 0 Å². The van der Waals surface area contributed by atoms with Crippen LogP contribution in [0.3, 0.4) is 0 Å². The summed E-state index contributed by atoms with van der Waals surface area (Å²) in [5.74, 6) is -0.899. The maximum absolute atomic E-state index is 12.5. The van der Waals surface area contributed by atoms with E-state index in [1.807, 2.05) is 0 Å². The molecule has 0 spiro atoms. The molecule has 7 heteroatoms. The van der Waals surface area contributed by atoms with Crippen LogP contribution in [-0.2, 0) is 24.2 Å². The number of amides is 1. The molecule has 2 rings (SSSR count). The molecule has 20 heavy (non-hydrogen) atoms. The molecule has 0 bridgehead atoms. The van der Waals surface area contributed by atoms with Crippen LogP contribution in [0.15, 0.2) is 11.3 Å². The summed E-state index contributed by atoms with van der Waals surface area (Å²) in [4.78, 5) is 25.6. The number of nitrogens with zero attached hydrogens (tertiary/aromatic N) is 1. The molecule has 112 valence electrons. The summed E-state index contributed by atoms with van der Waals surface area (Å²) in [7, 11) is -2.21. The Morgan fingerprint density at radius 3 is 2.35 bits per heavy atom. The van der Waals surface area contributed by atoms with E-state index in [1.54, 1.807) is 27.7 Å². The summed E-state index contributed by atoms with van der Waals surface area (Å²) in [6.45, 7) is 6.81. The summed E-state index contributed by atoms with van der Waals surface area (Å²) in [5.41, 5.74) is -0.0413. The van der Waals surface area contributed by atoms with E-state index in [1.165, 1.54) is 7.11 Å². The Morgan fingerprint density at radius 2 is 1.90 bits per heavy atom. The maximum atomic E-state index is 12.5. The third-order valence-electron chi connectivity index (χ3n) is 3.58. The van der Waals surface area contributed by atoms with E-state index in [9.17, 15) is 18.0 Å². The summed E-state index contributed by atoms with van der Waals surface area (Å²) in [6, 6.07) is 0. The van der Waals surface area contributed by atoms with Gasteiger partial charge in [-0.1, -0.05) is 20.8 Å². The van der Waals surface area contributed by atoms with Gasteiger partial charge in [0.25, 0.3) is 5.91 Å². The lowest BCUT2D eigenvalue weighted by atomic mass is 9.86. The van der Waals surface area contributed by atoms with E-state index in [0.717, 1.165) is 4.90 Å². The number of rotatable bonds is 2. The minimum absolute atomic E-state index is 0.210. The van der Waals surface area contributed by atoms with E-state index >= 15 is 0 Å². The smallest absolute Gasteiger partial charge is 0.260 e. The lowest BCUT2D eigenvalue weighted by Gasteiger charge is -2.49. The van der Waals surface area contributed by atoms with Crippen molar-refractivity contribution in [3.05, 3.63) is 11.3 Å². The second-order valence-corrected chi connectivity index (χ2v) is 8.37. The topological polar surface area (TPSA) is 80.8 Å². The zero-order chi connectivity index (χ0) is 15.5. The highest BCUT2D eigenvalue weighted by Gasteiger charge is 2.60. The average molecular weight is 301 g/mol. The summed E-state index contributed by atoms with van der Waals surface area (Å²) in [5, 5.41) is -1.06. The van der Waals surface area contributed by atoms with Crippen LogP contribution in [-0.4, -0.2) is 49.3 Å². The zero-order valence-electron chi connectivity index (χ0n) is 12.3. The second-order valence-electron chi connectivity index (χ2n) is 6.27. The van der Waals surface area contributed by atoms with E-state index in [0.29, 0.717) is 5.57 Å². The van der Waals surface area contributed by atoms with Crippen molar-refractivity contribution in [2.45, 2.75) is 39.2 Å². The molecule has 0 aromatic rings. The number of hydrogen-bond acceptors (Lipinski definition) is 5. The molecule has 1 fully saturated rings. The molecule has 2 atom stereocenters. The summed E-state index contributed by atoms with van der Waals surface area (Å²) in [6.07, 6.45) is -1.00. The maximum Gasteiger partial charge on any atom is 0.260 e. The van der Waals surface area contributed by atoms with Crippen LogP contribution in [0.5, 0.6) is 0 Å². The number of sulfone groups is 1. The Labute approximate surface area is 118 Å². The molecule has 0 unspecified atom stereocenters. The first-order chi connectivity index (χ1) is 9.02. The number of ketones is 1. The van der Waals surface area contributed by atoms with Crippen LogP contribution in [0, 0.1) is 5.41 Å². The lowest BCUT2D eigenvalue weighted by Crippen LogP contribution is -2.70. The molecule has 0 N–H and O–H groups in total. The van der Waals surface area contributed by atoms with Gasteiger partial charge >= 0.3 is 0 Å². The molecular formula is C13H19NO5S. The van der Waals surface area contributed by atoms with Gasteiger partial charge in [0.1, 0.15) is 0 Å². The number of Topliss-reactive ketones (excluding diaryl/α,β-unsaturated/α-hetero) is 1. The van der Waals surface area contributed by atoms with Crippen LogP contribution in [0.1, 0.15) is 27.7 Å². The van der Waals surface area contributed by atoms with Gasteiger partial charge in [0.05, 0.1) is 11.4 Å². The number of β-lactam (4-membered cyclic amide) rings is 1. The minimum Gasteiger partial charge on any atom is -0.368 e. The van der Waals surface area contributed by atoms with Gasteiger partial charge < -0.3 is 4.74 Å². The van der Waals surface area contributed by atoms with Crippen LogP contribution in [0.4, 0.5) is 0 Å².